The molecule has 3 amide bonds. The van der Waals surface area contributed by atoms with Gasteiger partial charge in [-0.15, -0.1) is 0 Å². The van der Waals surface area contributed by atoms with Crippen LogP contribution in [-0.4, -0.2) is 229 Å². The van der Waals surface area contributed by atoms with Crippen molar-refractivity contribution in [1.29, 1.82) is 0 Å². The van der Waals surface area contributed by atoms with Crippen LogP contribution in [0.5, 0.6) is 17.2 Å². The number of nitrogens with zero attached hydrogens (tertiary/aromatic N) is 9. The Kier molecular flexibility index (Phi) is 27.9. The molecule has 0 aromatic heterocycles. The number of alkyl halides is 3. The fourth-order valence-corrected chi connectivity index (χ4v) is 21.6. The van der Waals surface area contributed by atoms with Crippen LogP contribution in [0.3, 0.4) is 0 Å². The normalized spacial score (nSPS) is 20.2. The van der Waals surface area contributed by atoms with Crippen LogP contribution in [0.4, 0.5) is 26.3 Å². The van der Waals surface area contributed by atoms with Crippen molar-refractivity contribution in [3.05, 3.63) is 254 Å². The number of fused-ring (bicyclic) bond motifs is 3. The Hall–Kier alpha value is -11.2. The average Bonchev–Trinajstić information content (AvgIpc) is 1.74. The summed E-state index contributed by atoms with van der Waals surface area (Å²) in [6, 6.07) is 45.2. The predicted octanol–water partition coefficient (Wildman–Crippen LogP) is 10.2. The van der Waals surface area contributed by atoms with Gasteiger partial charge in [0.25, 0.3) is 17.7 Å². The molecule has 0 bridgehead atoms. The summed E-state index contributed by atoms with van der Waals surface area (Å²) in [5.74, 6) is -4.39. The molecule has 3 saturated heterocycles. The Morgan fingerprint density at radius 2 is 0.648 bits per heavy atom. The maximum absolute atomic E-state index is 13.6. The molecular formula is C92H93F6N9O18S3. The van der Waals surface area contributed by atoms with Crippen molar-refractivity contribution in [3.63, 3.8) is 0 Å². The zero-order chi connectivity index (χ0) is 90.5. The van der Waals surface area contributed by atoms with Crippen molar-refractivity contribution in [3.8, 4) is 17.2 Å². The summed E-state index contributed by atoms with van der Waals surface area (Å²) < 4.78 is 175. The molecule has 36 heteroatoms. The van der Waals surface area contributed by atoms with Crippen LogP contribution >= 0.6 is 0 Å². The number of hydrogen-bond acceptors (Lipinski definition) is 21. The molecule has 8 aromatic carbocycles. The number of halogens is 6. The lowest BCUT2D eigenvalue weighted by Crippen LogP contribution is -2.50. The van der Waals surface area contributed by atoms with Gasteiger partial charge in [0.15, 0.2) is 34.7 Å². The van der Waals surface area contributed by atoms with Gasteiger partial charge in [0.2, 0.25) is 30.1 Å². The first kappa shape index (κ1) is 91.5. The quantitative estimate of drug-likeness (QED) is 0.0401. The molecule has 0 spiro atoms. The lowest BCUT2D eigenvalue weighted by molar-refractivity contribution is -0.134. The molecule has 8 aromatic rings. The monoisotopic (exact) mass is 1820 g/mol. The van der Waals surface area contributed by atoms with Gasteiger partial charge in [-0.2, -0.15) is 26.1 Å². The van der Waals surface area contributed by atoms with E-state index >= 15 is 0 Å². The molecule has 6 fully saturated rings. The minimum absolute atomic E-state index is 0.0126. The zero-order valence-corrected chi connectivity index (χ0v) is 72.1. The summed E-state index contributed by atoms with van der Waals surface area (Å²) in [5, 5.41) is 0. The van der Waals surface area contributed by atoms with Gasteiger partial charge in [0.1, 0.15) is 60.2 Å². The van der Waals surface area contributed by atoms with Crippen LogP contribution in [0.15, 0.2) is 180 Å². The second-order valence-electron chi connectivity index (χ2n) is 33.1. The third-order valence-electron chi connectivity index (χ3n) is 24.5. The molecule has 3 atom stereocenters. The molecule has 0 radical (unpaired) electrons. The fraction of sp³-hybridized carbons (Fsp3) is 0.380. The Morgan fingerprint density at radius 1 is 0.344 bits per heavy atom. The number of Topliss-reactive ketones (excluding diaryl/α,β-unsaturated/α-hetero) is 6. The van der Waals surface area contributed by atoms with Gasteiger partial charge in [0.05, 0.1) is 66.8 Å². The highest BCUT2D eigenvalue weighted by Crippen LogP contribution is 2.40. The number of carbonyl (C=O) groups excluding carboxylic acids is 9. The molecule has 3 unspecified atom stereocenters. The van der Waals surface area contributed by atoms with Gasteiger partial charge < -0.3 is 28.9 Å². The van der Waals surface area contributed by atoms with E-state index < -0.39 is 77.6 Å². The minimum Gasteiger partial charge on any atom is -0.489 e. The second kappa shape index (κ2) is 39.0. The SMILES string of the molecule is O=C1CCC(N2Cc3c(OCc4ccc(CN5CCN(S(=O)(=O)CC(F)(F)F)CC5)cc4)cccc3C2=O)C(=O)C1.O=C1CCC(N2Cc3c(OCc4ccc(CN5CCN(S(=O)(=O)c6ccc(F)c(F)c6)CC5)cc4)cccc3C2=O)C(=O)C1.O=C1CCC(N2Cc3c(OCc4ccc(CN5CCN(S(=O)(=O)c6ccc(F)cc6)CC5)cc4)cccc3C2=O)C(=O)C1. The summed E-state index contributed by atoms with van der Waals surface area (Å²) in [4.78, 5) is 122. The van der Waals surface area contributed by atoms with Crippen LogP contribution in [-0.2, 0) is 118 Å². The van der Waals surface area contributed by atoms with Crippen LogP contribution in [0, 0.1) is 17.5 Å². The van der Waals surface area contributed by atoms with Crippen molar-refractivity contribution in [2.24, 2.45) is 0 Å². The Labute approximate surface area is 736 Å². The lowest BCUT2D eigenvalue weighted by atomic mass is 9.92. The molecule has 3 aliphatic carbocycles. The van der Waals surface area contributed by atoms with E-state index in [0.717, 1.165) is 78.6 Å². The number of hydrogen-bond donors (Lipinski definition) is 0. The van der Waals surface area contributed by atoms with Crippen molar-refractivity contribution in [2.75, 3.05) is 84.3 Å². The average molecular weight is 1820 g/mol. The molecule has 6 heterocycles. The maximum Gasteiger partial charge on any atom is 0.404 e. The zero-order valence-electron chi connectivity index (χ0n) is 69.7. The van der Waals surface area contributed by atoms with E-state index in [-0.39, 0.29) is 147 Å². The molecule has 128 heavy (non-hydrogen) atoms. The van der Waals surface area contributed by atoms with Crippen molar-refractivity contribution < 1.29 is 109 Å². The second-order valence-corrected chi connectivity index (χ2v) is 39.0. The van der Waals surface area contributed by atoms with Gasteiger partial charge in [-0.25, -0.2) is 38.4 Å². The minimum atomic E-state index is -4.77. The smallest absolute Gasteiger partial charge is 0.404 e. The molecule has 3 saturated carbocycles. The number of sulfonamides is 3. The number of benzene rings is 8. The van der Waals surface area contributed by atoms with Gasteiger partial charge in [-0.05, 0) is 132 Å². The van der Waals surface area contributed by atoms with E-state index in [4.69, 9.17) is 14.2 Å². The van der Waals surface area contributed by atoms with E-state index in [0.29, 0.717) is 151 Å². The highest BCUT2D eigenvalue weighted by Gasteiger charge is 2.45. The topological polar surface area (TPSA) is 313 Å². The molecular weight excluding hydrogens is 1730 g/mol. The predicted molar refractivity (Wildman–Crippen MR) is 452 cm³/mol. The van der Waals surface area contributed by atoms with Crippen molar-refractivity contribution in [2.45, 2.75) is 151 Å². The third-order valence-corrected chi connectivity index (χ3v) is 30.1. The first-order valence-electron chi connectivity index (χ1n) is 42.1. The number of rotatable bonds is 24. The lowest BCUT2D eigenvalue weighted by Gasteiger charge is -2.34. The third kappa shape index (κ3) is 21.4. The number of ether oxygens (including phenoxy) is 3. The molecule has 9 aliphatic rings. The van der Waals surface area contributed by atoms with Crippen LogP contribution in [0.1, 0.15) is 139 Å². The summed E-state index contributed by atoms with van der Waals surface area (Å²) in [5.41, 5.74) is 9.63. The molecule has 17 rings (SSSR count). The fourth-order valence-electron chi connectivity index (χ4n) is 17.4. The first-order valence-corrected chi connectivity index (χ1v) is 46.6. The summed E-state index contributed by atoms with van der Waals surface area (Å²) in [6.07, 6.45) is -3.18. The van der Waals surface area contributed by atoms with Gasteiger partial charge in [0, 0.05) is 151 Å². The van der Waals surface area contributed by atoms with E-state index in [1.165, 1.54) is 25.6 Å². The molecule has 674 valence electrons. The van der Waals surface area contributed by atoms with Crippen LogP contribution in [0.2, 0.25) is 0 Å². The molecule has 6 aliphatic heterocycles. The number of piperazine rings is 3. The molecule has 0 N–H and O–H groups in total. The number of ketones is 6. The number of amides is 3. The Balaban J connectivity index is 0.000000148. The molecule has 27 nitrogen and oxygen atoms in total. The van der Waals surface area contributed by atoms with Crippen molar-refractivity contribution in [1.82, 2.24) is 42.3 Å². The Bertz CT molecular complexity index is 5950. The highest BCUT2D eigenvalue weighted by atomic mass is 32.2. The maximum atomic E-state index is 13.6. The summed E-state index contributed by atoms with van der Waals surface area (Å²) in [6.45, 7) is 7.51. The number of carbonyl (C=O) groups is 9. The van der Waals surface area contributed by atoms with Crippen LogP contribution < -0.4 is 14.2 Å². The van der Waals surface area contributed by atoms with Gasteiger partial charge in [-0.1, -0.05) is 91.0 Å². The van der Waals surface area contributed by atoms with Gasteiger partial charge in [-0.3, -0.25) is 57.9 Å². The first-order chi connectivity index (χ1) is 61.2. The van der Waals surface area contributed by atoms with Crippen LogP contribution in [0.25, 0.3) is 0 Å². The summed E-state index contributed by atoms with van der Waals surface area (Å²) >= 11 is 0. The van der Waals surface area contributed by atoms with E-state index in [9.17, 15) is 94.7 Å². The summed E-state index contributed by atoms with van der Waals surface area (Å²) in [7, 11) is -11.9. The van der Waals surface area contributed by atoms with E-state index in [1.54, 1.807) is 52.3 Å². The Morgan fingerprint density at radius 3 is 0.961 bits per heavy atom. The largest absolute Gasteiger partial charge is 0.489 e. The highest BCUT2D eigenvalue weighted by molar-refractivity contribution is 7.89. The van der Waals surface area contributed by atoms with E-state index in [2.05, 4.69) is 9.80 Å². The van der Waals surface area contributed by atoms with E-state index in [1.807, 2.05) is 89.8 Å². The van der Waals surface area contributed by atoms with Gasteiger partial charge >= 0.3 is 6.18 Å². The van der Waals surface area contributed by atoms with Crippen molar-refractivity contribution >= 4 is 82.5 Å². The standard InChI is InChI=1S/C32H31F2N3O6S.C32H32FN3O6S.C28H30F3N3O6S/c33-27-10-9-24(17-28(27)34)44(41,42)36-14-12-35(13-15-36)18-21-4-6-22(7-5-21)20-43-31-3-1-2-25-26(31)19-37(32(25)40)29-11-8-23(38)16-30(29)39;33-24-8-11-26(12-9-24)43(40,41)35-16-14-34(15-17-35)19-22-4-6-23(7-5-22)21-42-31-3-1-2-27-28(31)20-36(32(27)39)29-13-10-25(37)18-30(29)38;29-28(30,31)18-41(38,39)33-12-10-32(11-13-33)15-19-4-6-20(7-5-19)17-40-26-3-1-2-22-23(26)16-34(27(22)37)24-9-8-21(35)14-25(24)36/h1-7,9-10,17,29H,8,11-16,18-20H2;1-9,11-12,29H,10,13-21H2;1-7,24H,8-18H2.